The van der Waals surface area contributed by atoms with Crippen molar-refractivity contribution in [2.45, 2.75) is 59.0 Å². The molecule has 1 fully saturated rings. The summed E-state index contributed by atoms with van der Waals surface area (Å²) in [4.78, 5) is 10.8. The molecular weight excluding hydrogens is 304 g/mol. The number of fused-ring (bicyclic) bond motifs is 1. The Bertz CT molecular complexity index is 643. The summed E-state index contributed by atoms with van der Waals surface area (Å²) in [5.74, 6) is 0.658. The summed E-state index contributed by atoms with van der Waals surface area (Å²) in [6.07, 6.45) is 5.81. The molecule has 0 saturated heterocycles. The number of ether oxygens (including phenoxy) is 1. The van der Waals surface area contributed by atoms with Crippen molar-refractivity contribution in [3.63, 3.8) is 0 Å². The Kier molecular flexibility index (Phi) is 4.10. The average Bonchev–Trinajstić information content (AvgIpc) is 2.84. The molecule has 0 N–H and O–H groups in total. The first-order valence-corrected chi connectivity index (χ1v) is 8.79. The lowest BCUT2D eigenvalue weighted by atomic mass is 9.76. The Morgan fingerprint density at radius 1 is 1.33 bits per heavy atom. The van der Waals surface area contributed by atoms with E-state index in [9.17, 15) is 0 Å². The average molecular weight is 325 g/mol. The van der Waals surface area contributed by atoms with Crippen LogP contribution in [0.1, 0.15) is 51.3 Å². The standard InChI is InChI=1S/C16H21ClN2OS/c1-4-11-9-12-13(18-15(17)19-14(12)21-11)20-10-5-7-16(2,3)8-6-10/h9-10H,4-8H2,1-3H3. The minimum atomic E-state index is 0.247. The Morgan fingerprint density at radius 2 is 2.05 bits per heavy atom. The molecule has 0 unspecified atom stereocenters. The molecule has 1 aliphatic carbocycles. The van der Waals surface area contributed by atoms with E-state index in [0.29, 0.717) is 11.3 Å². The molecule has 0 aromatic carbocycles. The summed E-state index contributed by atoms with van der Waals surface area (Å²) in [6, 6.07) is 2.14. The zero-order valence-electron chi connectivity index (χ0n) is 12.8. The number of rotatable bonds is 3. The first kappa shape index (κ1) is 15.0. The van der Waals surface area contributed by atoms with Crippen molar-refractivity contribution in [1.82, 2.24) is 9.97 Å². The highest BCUT2D eigenvalue weighted by atomic mass is 35.5. The van der Waals surface area contributed by atoms with E-state index in [2.05, 4.69) is 36.8 Å². The quantitative estimate of drug-likeness (QED) is 0.723. The van der Waals surface area contributed by atoms with Gasteiger partial charge in [-0.1, -0.05) is 20.8 Å². The monoisotopic (exact) mass is 324 g/mol. The maximum absolute atomic E-state index is 6.17. The third kappa shape index (κ3) is 3.32. The lowest BCUT2D eigenvalue weighted by Gasteiger charge is -2.34. The van der Waals surface area contributed by atoms with E-state index in [-0.39, 0.29) is 11.4 Å². The first-order chi connectivity index (χ1) is 9.97. The largest absolute Gasteiger partial charge is 0.474 e. The molecule has 2 heterocycles. The Labute approximate surface area is 134 Å². The summed E-state index contributed by atoms with van der Waals surface area (Å²) in [7, 11) is 0. The van der Waals surface area contributed by atoms with Gasteiger partial charge in [0.1, 0.15) is 10.9 Å². The summed E-state index contributed by atoms with van der Waals surface area (Å²) in [6.45, 7) is 6.80. The summed E-state index contributed by atoms with van der Waals surface area (Å²) < 4.78 is 6.17. The molecule has 114 valence electrons. The molecular formula is C16H21ClN2OS. The van der Waals surface area contributed by atoms with Gasteiger partial charge in [-0.05, 0) is 55.2 Å². The second-order valence-electron chi connectivity index (χ2n) is 6.56. The van der Waals surface area contributed by atoms with Crippen LogP contribution in [0.3, 0.4) is 0 Å². The topological polar surface area (TPSA) is 35.0 Å². The van der Waals surface area contributed by atoms with Gasteiger partial charge < -0.3 is 4.74 Å². The van der Waals surface area contributed by atoms with Crippen molar-refractivity contribution < 1.29 is 4.74 Å². The summed E-state index contributed by atoms with van der Waals surface area (Å²) >= 11 is 7.72. The molecule has 1 saturated carbocycles. The Balaban J connectivity index is 1.85. The molecule has 21 heavy (non-hydrogen) atoms. The van der Waals surface area contributed by atoms with Gasteiger partial charge in [0, 0.05) is 4.88 Å². The SMILES string of the molecule is CCc1cc2c(OC3CCC(C)(C)CC3)nc(Cl)nc2s1. The van der Waals surface area contributed by atoms with Crippen LogP contribution in [-0.2, 0) is 6.42 Å². The first-order valence-electron chi connectivity index (χ1n) is 7.59. The van der Waals surface area contributed by atoms with E-state index in [1.807, 2.05) is 0 Å². The lowest BCUT2D eigenvalue weighted by molar-refractivity contribution is 0.0962. The van der Waals surface area contributed by atoms with Gasteiger partial charge in [0.2, 0.25) is 11.2 Å². The van der Waals surface area contributed by atoms with Crippen LogP contribution >= 0.6 is 22.9 Å². The van der Waals surface area contributed by atoms with Gasteiger partial charge >= 0.3 is 0 Å². The van der Waals surface area contributed by atoms with Crippen molar-refractivity contribution in [3.8, 4) is 5.88 Å². The number of hydrogen-bond acceptors (Lipinski definition) is 4. The van der Waals surface area contributed by atoms with Crippen LogP contribution in [-0.4, -0.2) is 16.1 Å². The highest BCUT2D eigenvalue weighted by molar-refractivity contribution is 7.18. The highest BCUT2D eigenvalue weighted by Gasteiger charge is 2.28. The van der Waals surface area contributed by atoms with Crippen molar-refractivity contribution in [2.75, 3.05) is 0 Å². The minimum Gasteiger partial charge on any atom is -0.474 e. The van der Waals surface area contributed by atoms with Crippen LogP contribution in [0, 0.1) is 5.41 Å². The van der Waals surface area contributed by atoms with Gasteiger partial charge in [0.05, 0.1) is 5.39 Å². The van der Waals surface area contributed by atoms with Crippen LogP contribution in [0.2, 0.25) is 5.28 Å². The molecule has 5 heteroatoms. The zero-order chi connectivity index (χ0) is 15.0. The van der Waals surface area contributed by atoms with Crippen LogP contribution in [0.5, 0.6) is 5.88 Å². The van der Waals surface area contributed by atoms with E-state index in [0.717, 1.165) is 29.5 Å². The maximum Gasteiger partial charge on any atom is 0.227 e. The fourth-order valence-corrected chi connectivity index (χ4v) is 4.00. The molecule has 0 radical (unpaired) electrons. The number of thiophene rings is 1. The fourth-order valence-electron chi connectivity index (χ4n) is 2.83. The van der Waals surface area contributed by atoms with Crippen LogP contribution < -0.4 is 4.74 Å². The molecule has 0 aliphatic heterocycles. The second kappa shape index (κ2) is 5.73. The fraction of sp³-hybridized carbons (Fsp3) is 0.625. The normalized spacial score (nSPS) is 19.0. The van der Waals surface area contributed by atoms with E-state index < -0.39 is 0 Å². The molecule has 2 aromatic heterocycles. The highest BCUT2D eigenvalue weighted by Crippen LogP contribution is 2.38. The summed E-state index contributed by atoms with van der Waals surface area (Å²) in [5, 5.41) is 1.28. The molecule has 0 bridgehead atoms. The smallest absolute Gasteiger partial charge is 0.227 e. The molecule has 3 rings (SSSR count). The number of halogens is 1. The molecule has 2 aromatic rings. The van der Waals surface area contributed by atoms with Gasteiger partial charge in [-0.3, -0.25) is 0 Å². The molecule has 0 atom stereocenters. The van der Waals surface area contributed by atoms with Crippen molar-refractivity contribution >= 4 is 33.2 Å². The maximum atomic E-state index is 6.17. The third-order valence-corrected chi connectivity index (χ3v) is 5.64. The number of nitrogens with zero attached hydrogens (tertiary/aromatic N) is 2. The van der Waals surface area contributed by atoms with Gasteiger partial charge in [0.25, 0.3) is 0 Å². The molecule has 0 amide bonds. The van der Waals surface area contributed by atoms with Crippen LogP contribution in [0.25, 0.3) is 10.2 Å². The van der Waals surface area contributed by atoms with Gasteiger partial charge in [0.15, 0.2) is 0 Å². The van der Waals surface area contributed by atoms with E-state index >= 15 is 0 Å². The van der Waals surface area contributed by atoms with E-state index in [1.54, 1.807) is 11.3 Å². The number of hydrogen-bond donors (Lipinski definition) is 0. The second-order valence-corrected chi connectivity index (χ2v) is 8.02. The summed E-state index contributed by atoms with van der Waals surface area (Å²) in [5.41, 5.74) is 0.441. The van der Waals surface area contributed by atoms with Crippen molar-refractivity contribution in [1.29, 1.82) is 0 Å². The lowest BCUT2D eigenvalue weighted by Crippen LogP contribution is -2.28. The van der Waals surface area contributed by atoms with Crippen LogP contribution in [0.15, 0.2) is 6.07 Å². The van der Waals surface area contributed by atoms with E-state index in [4.69, 9.17) is 16.3 Å². The predicted molar refractivity (Wildman–Crippen MR) is 88.5 cm³/mol. The van der Waals surface area contributed by atoms with Crippen LogP contribution in [0.4, 0.5) is 0 Å². The minimum absolute atomic E-state index is 0.247. The van der Waals surface area contributed by atoms with Gasteiger partial charge in [-0.25, -0.2) is 4.98 Å². The molecule has 1 aliphatic rings. The van der Waals surface area contributed by atoms with Gasteiger partial charge in [-0.15, -0.1) is 11.3 Å². The molecule has 0 spiro atoms. The Morgan fingerprint density at radius 3 is 2.71 bits per heavy atom. The van der Waals surface area contributed by atoms with Crippen molar-refractivity contribution in [3.05, 3.63) is 16.2 Å². The number of aryl methyl sites for hydroxylation is 1. The third-order valence-electron chi connectivity index (χ3n) is 4.29. The van der Waals surface area contributed by atoms with Gasteiger partial charge in [-0.2, -0.15) is 4.98 Å². The number of aromatic nitrogens is 2. The zero-order valence-corrected chi connectivity index (χ0v) is 14.4. The molecule has 3 nitrogen and oxygen atoms in total. The predicted octanol–water partition coefficient (Wildman–Crippen LogP) is 5.25. The van der Waals surface area contributed by atoms with E-state index in [1.165, 1.54) is 17.7 Å². The Hall–Kier alpha value is -0.870. The van der Waals surface area contributed by atoms with Crippen molar-refractivity contribution in [2.24, 2.45) is 5.41 Å².